The normalized spacial score (nSPS) is 10.7. The van der Waals surface area contributed by atoms with Gasteiger partial charge in [-0.1, -0.05) is 0 Å². The Morgan fingerprint density at radius 2 is 2.23 bits per heavy atom. The van der Waals surface area contributed by atoms with E-state index in [2.05, 4.69) is 21.2 Å². The standard InChI is InChI=1S/C8H12N4O/c1-4-8(13)12-11-7(2)10-6-5-9-3/h1,5-6,9H,2-3H3,(H,10,11)(H,12,13)/b6-5-. The van der Waals surface area contributed by atoms with Gasteiger partial charge in [0, 0.05) is 19.4 Å². The molecule has 0 heterocycles. The van der Waals surface area contributed by atoms with E-state index in [0.29, 0.717) is 5.84 Å². The Morgan fingerprint density at radius 1 is 1.54 bits per heavy atom. The van der Waals surface area contributed by atoms with Crippen LogP contribution in [0.3, 0.4) is 0 Å². The highest BCUT2D eigenvalue weighted by Gasteiger charge is 1.91. The van der Waals surface area contributed by atoms with Crippen LogP contribution in [0.5, 0.6) is 0 Å². The number of aliphatic imine (C=N–C) groups is 1. The van der Waals surface area contributed by atoms with Gasteiger partial charge in [0.15, 0.2) is 0 Å². The number of nitrogens with zero attached hydrogens (tertiary/aromatic N) is 1. The molecule has 5 heteroatoms. The van der Waals surface area contributed by atoms with Crippen LogP contribution in [-0.2, 0) is 4.79 Å². The number of hydrazine groups is 1. The van der Waals surface area contributed by atoms with Gasteiger partial charge in [-0.2, -0.15) is 0 Å². The molecule has 5 nitrogen and oxygen atoms in total. The fourth-order valence-electron chi connectivity index (χ4n) is 0.439. The Labute approximate surface area is 77.3 Å². The minimum absolute atomic E-state index is 0.535. The summed E-state index contributed by atoms with van der Waals surface area (Å²) in [6.45, 7) is 1.69. The molecule has 0 rings (SSSR count). The largest absolute Gasteiger partial charge is 0.393 e. The van der Waals surface area contributed by atoms with Crippen molar-refractivity contribution in [1.82, 2.24) is 16.2 Å². The highest BCUT2D eigenvalue weighted by atomic mass is 16.2. The maximum Gasteiger partial charge on any atom is 0.314 e. The summed E-state index contributed by atoms with van der Waals surface area (Å²) in [5.74, 6) is 1.89. The van der Waals surface area contributed by atoms with E-state index in [1.165, 1.54) is 0 Å². The number of rotatable bonds is 2. The average Bonchev–Trinajstić information content (AvgIpc) is 2.14. The first-order valence-corrected chi connectivity index (χ1v) is 3.60. The van der Waals surface area contributed by atoms with Gasteiger partial charge in [0.1, 0.15) is 5.84 Å². The van der Waals surface area contributed by atoms with Crippen molar-refractivity contribution in [2.75, 3.05) is 7.05 Å². The van der Waals surface area contributed by atoms with Crippen molar-refractivity contribution in [3.05, 3.63) is 12.4 Å². The summed E-state index contributed by atoms with van der Waals surface area (Å²) in [5, 5.41) is 2.76. The second-order valence-corrected chi connectivity index (χ2v) is 2.04. The zero-order valence-corrected chi connectivity index (χ0v) is 7.59. The van der Waals surface area contributed by atoms with E-state index < -0.39 is 5.91 Å². The van der Waals surface area contributed by atoms with Gasteiger partial charge in [-0.15, -0.1) is 6.42 Å². The lowest BCUT2D eigenvalue weighted by Gasteiger charge is -2.02. The van der Waals surface area contributed by atoms with Crippen molar-refractivity contribution in [2.45, 2.75) is 6.92 Å². The summed E-state index contributed by atoms with van der Waals surface area (Å²) < 4.78 is 0. The zero-order valence-electron chi connectivity index (χ0n) is 7.59. The van der Waals surface area contributed by atoms with Crippen LogP contribution in [0.25, 0.3) is 0 Å². The molecule has 1 amide bonds. The second-order valence-electron chi connectivity index (χ2n) is 2.04. The fraction of sp³-hybridized carbons (Fsp3) is 0.250. The van der Waals surface area contributed by atoms with E-state index in [0.717, 1.165) is 0 Å². The first-order chi connectivity index (χ1) is 6.20. The fourth-order valence-corrected chi connectivity index (χ4v) is 0.439. The lowest BCUT2D eigenvalue weighted by Crippen LogP contribution is -2.39. The molecule has 0 aliphatic carbocycles. The van der Waals surface area contributed by atoms with Crippen LogP contribution in [0.2, 0.25) is 0 Å². The van der Waals surface area contributed by atoms with Gasteiger partial charge in [0.25, 0.3) is 0 Å². The highest BCUT2D eigenvalue weighted by Crippen LogP contribution is 1.73. The van der Waals surface area contributed by atoms with Crippen molar-refractivity contribution in [1.29, 1.82) is 0 Å². The third kappa shape index (κ3) is 6.44. The number of amides is 1. The predicted octanol–water partition coefficient (Wildman–Crippen LogP) is -0.651. The van der Waals surface area contributed by atoms with E-state index in [9.17, 15) is 4.79 Å². The number of terminal acetylenes is 1. The predicted molar refractivity (Wildman–Crippen MR) is 51.4 cm³/mol. The molecular weight excluding hydrogens is 168 g/mol. The number of nitrogens with one attached hydrogen (secondary N) is 3. The Bertz CT molecular complexity index is 262. The molecule has 0 aliphatic rings. The monoisotopic (exact) mass is 180 g/mol. The lowest BCUT2D eigenvalue weighted by molar-refractivity contribution is -0.116. The summed E-state index contributed by atoms with van der Waals surface area (Å²) >= 11 is 0. The van der Waals surface area contributed by atoms with Crippen LogP contribution >= 0.6 is 0 Å². The summed E-state index contributed by atoms with van der Waals surface area (Å²) in [4.78, 5) is 14.5. The molecule has 0 fully saturated rings. The Balaban J connectivity index is 3.81. The molecule has 0 aliphatic heterocycles. The van der Waals surface area contributed by atoms with Gasteiger partial charge in [-0.25, -0.2) is 4.99 Å². The number of carbonyl (C=O) groups excluding carboxylic acids is 1. The maximum absolute atomic E-state index is 10.6. The molecule has 0 unspecified atom stereocenters. The molecule has 70 valence electrons. The molecule has 0 saturated heterocycles. The van der Waals surface area contributed by atoms with Crippen molar-refractivity contribution in [3.63, 3.8) is 0 Å². The molecule has 0 spiro atoms. The van der Waals surface area contributed by atoms with Gasteiger partial charge in [-0.05, 0) is 12.8 Å². The van der Waals surface area contributed by atoms with Crippen LogP contribution in [-0.4, -0.2) is 18.8 Å². The molecular formula is C8H12N4O. The lowest BCUT2D eigenvalue weighted by atomic mass is 10.6. The van der Waals surface area contributed by atoms with Crippen molar-refractivity contribution >= 4 is 11.7 Å². The van der Waals surface area contributed by atoms with E-state index in [1.807, 2.05) is 5.92 Å². The van der Waals surface area contributed by atoms with Crippen LogP contribution in [0, 0.1) is 12.3 Å². The van der Waals surface area contributed by atoms with Gasteiger partial charge in [0.05, 0.1) is 0 Å². The first-order valence-electron chi connectivity index (χ1n) is 3.60. The van der Waals surface area contributed by atoms with Crippen molar-refractivity contribution in [2.24, 2.45) is 4.99 Å². The number of hydrogen-bond acceptors (Lipinski definition) is 3. The van der Waals surface area contributed by atoms with Gasteiger partial charge < -0.3 is 5.32 Å². The summed E-state index contributed by atoms with van der Waals surface area (Å²) in [5.41, 5.74) is 4.77. The molecule has 0 aromatic carbocycles. The van der Waals surface area contributed by atoms with E-state index >= 15 is 0 Å². The zero-order chi connectivity index (χ0) is 10.1. The SMILES string of the molecule is C#CC(=O)NN/C(C)=N/C=C\NC. The molecule has 0 atom stereocenters. The van der Waals surface area contributed by atoms with Gasteiger partial charge in [0.2, 0.25) is 0 Å². The maximum atomic E-state index is 10.6. The quantitative estimate of drug-likeness (QED) is 0.229. The van der Waals surface area contributed by atoms with Crippen LogP contribution in [0.1, 0.15) is 6.92 Å². The molecule has 3 N–H and O–H groups in total. The Hall–Kier alpha value is -1.96. The minimum atomic E-state index is -0.535. The van der Waals surface area contributed by atoms with Crippen molar-refractivity contribution in [3.8, 4) is 12.3 Å². The second kappa shape index (κ2) is 6.73. The van der Waals surface area contributed by atoms with Gasteiger partial charge >= 0.3 is 5.91 Å². The molecule has 0 bridgehead atoms. The molecule has 13 heavy (non-hydrogen) atoms. The average molecular weight is 180 g/mol. The van der Waals surface area contributed by atoms with E-state index in [4.69, 9.17) is 6.42 Å². The highest BCUT2D eigenvalue weighted by molar-refractivity contribution is 5.94. The van der Waals surface area contributed by atoms with E-state index in [1.54, 1.807) is 26.4 Å². The molecule has 0 aromatic rings. The topological polar surface area (TPSA) is 65.5 Å². The van der Waals surface area contributed by atoms with Crippen molar-refractivity contribution < 1.29 is 4.79 Å². The molecule has 0 saturated carbocycles. The Morgan fingerprint density at radius 3 is 2.77 bits per heavy atom. The number of hydrogen-bond donors (Lipinski definition) is 3. The minimum Gasteiger partial charge on any atom is -0.393 e. The number of carbonyl (C=O) groups is 1. The molecule has 0 radical (unpaired) electrons. The van der Waals surface area contributed by atoms with Crippen LogP contribution in [0.4, 0.5) is 0 Å². The summed E-state index contributed by atoms with van der Waals surface area (Å²) in [6, 6.07) is 0. The summed E-state index contributed by atoms with van der Waals surface area (Å²) in [6.07, 6.45) is 8.01. The van der Waals surface area contributed by atoms with Crippen LogP contribution < -0.4 is 16.2 Å². The van der Waals surface area contributed by atoms with Crippen LogP contribution in [0.15, 0.2) is 17.4 Å². The summed E-state index contributed by atoms with van der Waals surface area (Å²) in [7, 11) is 1.76. The third-order valence-corrected chi connectivity index (χ3v) is 0.997. The molecule has 0 aromatic heterocycles. The third-order valence-electron chi connectivity index (χ3n) is 0.997. The first kappa shape index (κ1) is 11.0. The van der Waals surface area contributed by atoms with Gasteiger partial charge in [-0.3, -0.25) is 15.6 Å². The number of amidine groups is 1. The Kier molecular flexibility index (Phi) is 5.72. The van der Waals surface area contributed by atoms with E-state index in [-0.39, 0.29) is 0 Å². The smallest absolute Gasteiger partial charge is 0.314 e.